The molecule has 1 aromatic rings. The van der Waals surface area contributed by atoms with E-state index >= 15 is 0 Å². The maximum Gasteiger partial charge on any atom is 0.294 e. The van der Waals surface area contributed by atoms with E-state index in [1.807, 2.05) is 36.5 Å². The van der Waals surface area contributed by atoms with Crippen LogP contribution < -0.4 is 0 Å². The lowest BCUT2D eigenvalue weighted by atomic mass is 10.1. The highest BCUT2D eigenvalue weighted by molar-refractivity contribution is 8.02. The number of aryl methyl sites for hydroxylation is 2. The minimum atomic E-state index is -4.14. The minimum Gasteiger partial charge on any atom is -0.325 e. The van der Waals surface area contributed by atoms with Crippen LogP contribution in [0.25, 0.3) is 0 Å². The lowest BCUT2D eigenvalue weighted by molar-refractivity contribution is -0.908. The Kier molecular flexibility index (Phi) is 10.2. The molecule has 160 valence electrons. The molecule has 0 aromatic heterocycles. The zero-order valence-electron chi connectivity index (χ0n) is 17.4. The first-order valence-corrected chi connectivity index (χ1v) is 14.1. The Morgan fingerprint density at radius 3 is 2.21 bits per heavy atom. The molecule has 0 spiro atoms. The molecule has 1 saturated heterocycles. The SMILES string of the molecule is Cc1ccc(S(=O)(=O)O)c(CCSCCSCC[N+]2(C)CCCCCCC2)c1. The second-order valence-electron chi connectivity index (χ2n) is 8.12. The predicted molar refractivity (Wildman–Crippen MR) is 123 cm³/mol. The second kappa shape index (κ2) is 11.8. The van der Waals surface area contributed by atoms with Crippen LogP contribution in [0.5, 0.6) is 0 Å². The van der Waals surface area contributed by atoms with Gasteiger partial charge < -0.3 is 4.48 Å². The van der Waals surface area contributed by atoms with Gasteiger partial charge in [-0.3, -0.25) is 4.55 Å². The lowest BCUT2D eigenvalue weighted by Crippen LogP contribution is -2.47. The van der Waals surface area contributed by atoms with E-state index in [0.717, 1.165) is 28.4 Å². The number of benzene rings is 1. The summed E-state index contributed by atoms with van der Waals surface area (Å²) in [6, 6.07) is 5.10. The third kappa shape index (κ3) is 8.66. The summed E-state index contributed by atoms with van der Waals surface area (Å²) < 4.78 is 33.7. The van der Waals surface area contributed by atoms with Crippen LogP contribution in [-0.4, -0.2) is 67.1 Å². The molecular formula is C21H36NO3S3+. The minimum absolute atomic E-state index is 0.0540. The second-order valence-corrected chi connectivity index (χ2v) is 12.0. The van der Waals surface area contributed by atoms with E-state index in [9.17, 15) is 13.0 Å². The molecule has 0 radical (unpaired) electrons. The van der Waals surface area contributed by atoms with Gasteiger partial charge in [0.1, 0.15) is 0 Å². The van der Waals surface area contributed by atoms with Crippen molar-refractivity contribution in [3.05, 3.63) is 29.3 Å². The Labute approximate surface area is 180 Å². The molecule has 0 unspecified atom stereocenters. The fourth-order valence-electron chi connectivity index (χ4n) is 3.80. The normalized spacial score (nSPS) is 17.8. The summed E-state index contributed by atoms with van der Waals surface area (Å²) in [7, 11) is -1.72. The van der Waals surface area contributed by atoms with Crippen LogP contribution in [0.3, 0.4) is 0 Å². The molecule has 7 heteroatoms. The van der Waals surface area contributed by atoms with Crippen LogP contribution in [0, 0.1) is 6.92 Å². The summed E-state index contributed by atoms with van der Waals surface area (Å²) in [5.74, 6) is 4.33. The number of rotatable bonds is 10. The van der Waals surface area contributed by atoms with E-state index in [-0.39, 0.29) is 4.90 Å². The van der Waals surface area contributed by atoms with Crippen LogP contribution in [0.1, 0.15) is 43.2 Å². The molecule has 1 aliphatic rings. The van der Waals surface area contributed by atoms with Crippen molar-refractivity contribution >= 4 is 33.6 Å². The first-order chi connectivity index (χ1) is 13.3. The average Bonchev–Trinajstić information content (AvgIpc) is 2.60. The smallest absolute Gasteiger partial charge is 0.294 e. The van der Waals surface area contributed by atoms with Crippen molar-refractivity contribution in [1.29, 1.82) is 0 Å². The molecule has 0 bridgehead atoms. The molecule has 0 atom stereocenters. The summed E-state index contributed by atoms with van der Waals surface area (Å²) in [6.07, 6.45) is 7.64. The zero-order chi connectivity index (χ0) is 20.5. The highest BCUT2D eigenvalue weighted by atomic mass is 32.2. The third-order valence-electron chi connectivity index (χ3n) is 5.55. The summed E-state index contributed by atoms with van der Waals surface area (Å²) in [4.78, 5) is 0.0540. The predicted octanol–water partition coefficient (Wildman–Crippen LogP) is 4.66. The van der Waals surface area contributed by atoms with E-state index in [2.05, 4.69) is 7.05 Å². The van der Waals surface area contributed by atoms with E-state index in [4.69, 9.17) is 0 Å². The van der Waals surface area contributed by atoms with Gasteiger partial charge in [-0.05, 0) is 56.4 Å². The lowest BCUT2D eigenvalue weighted by Gasteiger charge is -2.36. The monoisotopic (exact) mass is 446 g/mol. The number of hydrogen-bond donors (Lipinski definition) is 1. The molecule has 0 amide bonds. The summed E-state index contributed by atoms with van der Waals surface area (Å²) in [5.41, 5.74) is 1.74. The molecule has 0 saturated carbocycles. The van der Waals surface area contributed by atoms with Gasteiger partial charge in [0.05, 0.1) is 31.6 Å². The van der Waals surface area contributed by atoms with Crippen molar-refractivity contribution in [3.63, 3.8) is 0 Å². The Morgan fingerprint density at radius 1 is 0.964 bits per heavy atom. The molecule has 0 aliphatic carbocycles. The van der Waals surface area contributed by atoms with Crippen molar-refractivity contribution in [2.24, 2.45) is 0 Å². The van der Waals surface area contributed by atoms with Gasteiger partial charge in [-0.25, -0.2) is 0 Å². The van der Waals surface area contributed by atoms with E-state index in [1.54, 1.807) is 6.07 Å². The number of hydrogen-bond acceptors (Lipinski definition) is 4. The first-order valence-electron chi connectivity index (χ1n) is 10.4. The number of thioether (sulfide) groups is 2. The van der Waals surface area contributed by atoms with Crippen LogP contribution in [-0.2, 0) is 16.5 Å². The van der Waals surface area contributed by atoms with Crippen molar-refractivity contribution in [1.82, 2.24) is 0 Å². The summed E-state index contributed by atoms with van der Waals surface area (Å²) >= 11 is 3.90. The van der Waals surface area contributed by atoms with Crippen molar-refractivity contribution in [2.75, 3.05) is 49.7 Å². The molecule has 1 aromatic carbocycles. The van der Waals surface area contributed by atoms with Gasteiger partial charge in [0.15, 0.2) is 0 Å². The van der Waals surface area contributed by atoms with Gasteiger partial charge in [-0.1, -0.05) is 24.1 Å². The van der Waals surface area contributed by atoms with E-state index < -0.39 is 10.1 Å². The van der Waals surface area contributed by atoms with Gasteiger partial charge in [0.2, 0.25) is 0 Å². The zero-order valence-corrected chi connectivity index (χ0v) is 19.8. The first kappa shape index (κ1) is 24.1. The Balaban J connectivity index is 1.63. The molecule has 1 fully saturated rings. The van der Waals surface area contributed by atoms with Gasteiger partial charge in [0, 0.05) is 17.3 Å². The Morgan fingerprint density at radius 2 is 1.57 bits per heavy atom. The van der Waals surface area contributed by atoms with Gasteiger partial charge in [-0.2, -0.15) is 31.9 Å². The largest absolute Gasteiger partial charge is 0.325 e. The number of quaternary nitrogens is 1. The van der Waals surface area contributed by atoms with Crippen molar-refractivity contribution in [3.8, 4) is 0 Å². The van der Waals surface area contributed by atoms with Crippen molar-refractivity contribution < 1.29 is 17.5 Å². The topological polar surface area (TPSA) is 54.4 Å². The maximum atomic E-state index is 11.5. The van der Waals surface area contributed by atoms with Crippen LogP contribution >= 0.6 is 23.5 Å². The van der Waals surface area contributed by atoms with Gasteiger partial charge in [-0.15, -0.1) is 0 Å². The van der Waals surface area contributed by atoms with Crippen LogP contribution in [0.4, 0.5) is 0 Å². The van der Waals surface area contributed by atoms with Gasteiger partial charge >= 0.3 is 0 Å². The Bertz CT molecular complexity index is 699. The highest BCUT2D eigenvalue weighted by Gasteiger charge is 2.21. The Hall–Kier alpha value is -0.210. The molecule has 2 rings (SSSR count). The molecule has 1 N–H and O–H groups in total. The maximum absolute atomic E-state index is 11.5. The molecular weight excluding hydrogens is 410 g/mol. The fourth-order valence-corrected chi connectivity index (χ4v) is 6.81. The molecule has 1 aliphatic heterocycles. The number of nitrogens with zero attached hydrogens (tertiary/aromatic N) is 1. The summed E-state index contributed by atoms with van der Waals surface area (Å²) in [6.45, 7) is 5.89. The van der Waals surface area contributed by atoms with Crippen LogP contribution in [0.15, 0.2) is 23.1 Å². The summed E-state index contributed by atoms with van der Waals surface area (Å²) in [5, 5.41) is 0. The van der Waals surface area contributed by atoms with Crippen molar-refractivity contribution in [2.45, 2.75) is 50.3 Å². The molecule has 28 heavy (non-hydrogen) atoms. The fraction of sp³-hybridized carbons (Fsp3) is 0.714. The standard InChI is InChI=1S/C21H35NO3S3/c1-19-8-9-21(28(23,24)25)20(18-19)10-14-26-16-17-27-15-13-22(2)11-6-4-3-5-7-12-22/h8-9,18H,3-7,10-17H2,1-2H3/p+1. The van der Waals surface area contributed by atoms with E-state index in [1.165, 1.54) is 68.0 Å². The highest BCUT2D eigenvalue weighted by Crippen LogP contribution is 2.20. The quantitative estimate of drug-likeness (QED) is 0.322. The van der Waals surface area contributed by atoms with E-state index in [0.29, 0.717) is 6.42 Å². The molecule has 4 nitrogen and oxygen atoms in total. The van der Waals surface area contributed by atoms with Crippen LogP contribution in [0.2, 0.25) is 0 Å². The third-order valence-corrected chi connectivity index (χ3v) is 8.72. The molecule has 1 heterocycles. The number of likely N-dealkylation sites (tertiary alicyclic amines) is 1. The van der Waals surface area contributed by atoms with Gasteiger partial charge in [0.25, 0.3) is 10.1 Å². The average molecular weight is 447 g/mol.